The fraction of sp³-hybridized carbons (Fsp3) is 0.526. The second-order valence-corrected chi connectivity index (χ2v) is 8.27. The molecule has 0 N–H and O–H groups in total. The summed E-state index contributed by atoms with van der Waals surface area (Å²) in [5.74, 6) is 0.788. The van der Waals surface area contributed by atoms with Crippen LogP contribution in [-0.4, -0.2) is 68.4 Å². The molecule has 4 rings (SSSR count). The predicted octanol–water partition coefficient (Wildman–Crippen LogP) is 2.29. The zero-order chi connectivity index (χ0) is 17.9. The summed E-state index contributed by atoms with van der Waals surface area (Å²) < 4.78 is 1.72. The number of hydrogen-bond acceptors (Lipinski definition) is 4. The van der Waals surface area contributed by atoms with E-state index in [9.17, 15) is 9.59 Å². The maximum atomic E-state index is 12.8. The van der Waals surface area contributed by atoms with Crippen molar-refractivity contribution in [1.82, 2.24) is 19.4 Å². The van der Waals surface area contributed by atoms with E-state index in [1.807, 2.05) is 46.0 Å². The Hall–Kier alpha value is -2.02. The number of nitrogens with zero attached hydrogens (tertiary/aromatic N) is 4. The van der Waals surface area contributed by atoms with E-state index in [1.54, 1.807) is 10.7 Å². The van der Waals surface area contributed by atoms with Crippen LogP contribution in [0, 0.1) is 0 Å². The average molecular weight is 372 g/mol. The molecule has 3 heterocycles. The molecule has 2 amide bonds. The molecule has 138 valence electrons. The van der Waals surface area contributed by atoms with Gasteiger partial charge in [-0.1, -0.05) is 18.9 Å². The lowest BCUT2D eigenvalue weighted by Gasteiger charge is -2.34. The summed E-state index contributed by atoms with van der Waals surface area (Å²) in [5.41, 5.74) is 1.45. The van der Waals surface area contributed by atoms with Gasteiger partial charge < -0.3 is 9.80 Å². The van der Waals surface area contributed by atoms with Crippen molar-refractivity contribution in [2.24, 2.45) is 0 Å². The molecule has 1 aliphatic carbocycles. The van der Waals surface area contributed by atoms with Crippen molar-refractivity contribution in [2.75, 3.05) is 31.9 Å². The number of thioether (sulfide) groups is 1. The number of pyridine rings is 1. The van der Waals surface area contributed by atoms with Crippen LogP contribution in [-0.2, 0) is 4.79 Å². The summed E-state index contributed by atoms with van der Waals surface area (Å²) in [6.45, 7) is 2.41. The maximum Gasteiger partial charge on any atom is 0.257 e. The second kappa shape index (κ2) is 7.70. The number of carbonyl (C=O) groups is 2. The van der Waals surface area contributed by atoms with Crippen LogP contribution in [0.15, 0.2) is 30.6 Å². The highest BCUT2D eigenvalue weighted by atomic mass is 32.2. The zero-order valence-electron chi connectivity index (χ0n) is 14.8. The maximum absolute atomic E-state index is 12.8. The monoisotopic (exact) mass is 372 g/mol. The largest absolute Gasteiger partial charge is 0.338 e. The fourth-order valence-electron chi connectivity index (χ4n) is 3.76. The molecule has 26 heavy (non-hydrogen) atoms. The number of hydrogen-bond donors (Lipinski definition) is 0. The molecule has 0 aromatic carbocycles. The highest BCUT2D eigenvalue weighted by Crippen LogP contribution is 2.29. The Bertz CT molecular complexity index is 792. The molecule has 2 aliphatic rings. The van der Waals surface area contributed by atoms with Gasteiger partial charge in [-0.15, -0.1) is 11.8 Å². The summed E-state index contributed by atoms with van der Waals surface area (Å²) in [6, 6.07) is 5.70. The fourth-order valence-corrected chi connectivity index (χ4v) is 4.99. The molecule has 0 bridgehead atoms. The van der Waals surface area contributed by atoms with E-state index in [2.05, 4.69) is 5.10 Å². The molecular weight excluding hydrogens is 348 g/mol. The first-order valence-corrected chi connectivity index (χ1v) is 10.4. The standard InChI is InChI=1S/C19H24N4O2S/c24-18(14-26-15-5-1-2-6-15)21-9-11-22(12-10-21)19(25)16-13-20-23-8-4-3-7-17(16)23/h3-4,7-8,13,15H,1-2,5-6,9-12,14H2. The number of carbonyl (C=O) groups excluding carboxylic acids is 2. The molecule has 1 aliphatic heterocycles. The smallest absolute Gasteiger partial charge is 0.257 e. The summed E-state index contributed by atoms with van der Waals surface area (Å²) in [4.78, 5) is 29.0. The SMILES string of the molecule is O=C(CSC1CCCC1)N1CCN(C(=O)c2cnn3ccccc23)CC1. The molecule has 0 radical (unpaired) electrons. The lowest BCUT2D eigenvalue weighted by atomic mass is 10.2. The first-order valence-electron chi connectivity index (χ1n) is 9.33. The van der Waals surface area contributed by atoms with E-state index in [0.717, 1.165) is 5.52 Å². The third-order valence-corrected chi connectivity index (χ3v) is 6.68. The minimum absolute atomic E-state index is 0.00127. The molecule has 0 atom stereocenters. The summed E-state index contributed by atoms with van der Waals surface area (Å²) in [7, 11) is 0. The van der Waals surface area contributed by atoms with Crippen molar-refractivity contribution in [2.45, 2.75) is 30.9 Å². The van der Waals surface area contributed by atoms with E-state index in [0.29, 0.717) is 42.7 Å². The van der Waals surface area contributed by atoms with Crippen LogP contribution in [0.5, 0.6) is 0 Å². The Morgan fingerprint density at radius 2 is 1.81 bits per heavy atom. The Morgan fingerprint density at radius 1 is 1.08 bits per heavy atom. The third kappa shape index (κ3) is 3.58. The molecule has 2 fully saturated rings. The molecule has 0 spiro atoms. The van der Waals surface area contributed by atoms with Gasteiger partial charge in [-0.25, -0.2) is 4.52 Å². The number of amides is 2. The van der Waals surface area contributed by atoms with Crippen LogP contribution in [0.4, 0.5) is 0 Å². The van der Waals surface area contributed by atoms with Crippen LogP contribution < -0.4 is 0 Å². The first-order chi connectivity index (χ1) is 12.7. The van der Waals surface area contributed by atoms with Gasteiger partial charge in [0.2, 0.25) is 5.91 Å². The van der Waals surface area contributed by atoms with Gasteiger partial charge >= 0.3 is 0 Å². The summed E-state index contributed by atoms with van der Waals surface area (Å²) in [6.07, 6.45) is 8.57. The Kier molecular flexibility index (Phi) is 5.15. The van der Waals surface area contributed by atoms with Crippen LogP contribution >= 0.6 is 11.8 Å². The Balaban J connectivity index is 1.31. The molecule has 0 unspecified atom stereocenters. The molecular formula is C19H24N4O2S. The van der Waals surface area contributed by atoms with E-state index in [-0.39, 0.29) is 11.8 Å². The van der Waals surface area contributed by atoms with Gasteiger partial charge in [0.15, 0.2) is 0 Å². The normalized spacial score (nSPS) is 18.6. The first kappa shape index (κ1) is 17.4. The van der Waals surface area contributed by atoms with Gasteiger partial charge in [0.1, 0.15) is 0 Å². The van der Waals surface area contributed by atoms with Gasteiger partial charge in [0, 0.05) is 37.6 Å². The lowest BCUT2D eigenvalue weighted by molar-refractivity contribution is -0.129. The van der Waals surface area contributed by atoms with Crippen LogP contribution in [0.25, 0.3) is 5.52 Å². The molecule has 6 nitrogen and oxygen atoms in total. The Labute approximate surface area is 157 Å². The predicted molar refractivity (Wildman–Crippen MR) is 102 cm³/mol. The van der Waals surface area contributed by atoms with Crippen LogP contribution in [0.1, 0.15) is 36.0 Å². The van der Waals surface area contributed by atoms with Gasteiger partial charge in [-0.2, -0.15) is 5.10 Å². The van der Waals surface area contributed by atoms with Gasteiger partial charge in [0.25, 0.3) is 5.91 Å². The van der Waals surface area contributed by atoms with Crippen molar-refractivity contribution in [3.05, 3.63) is 36.2 Å². The summed E-state index contributed by atoms with van der Waals surface area (Å²) in [5, 5.41) is 4.91. The number of aromatic nitrogens is 2. The quantitative estimate of drug-likeness (QED) is 0.826. The second-order valence-electron chi connectivity index (χ2n) is 6.98. The molecule has 7 heteroatoms. The van der Waals surface area contributed by atoms with Crippen molar-refractivity contribution in [3.8, 4) is 0 Å². The van der Waals surface area contributed by atoms with Crippen LogP contribution in [0.3, 0.4) is 0 Å². The number of piperazine rings is 1. The third-order valence-electron chi connectivity index (χ3n) is 5.32. The van der Waals surface area contributed by atoms with Crippen molar-refractivity contribution >= 4 is 29.1 Å². The Morgan fingerprint density at radius 3 is 2.58 bits per heavy atom. The van der Waals surface area contributed by atoms with Gasteiger partial charge in [0.05, 0.1) is 23.0 Å². The van der Waals surface area contributed by atoms with E-state index < -0.39 is 0 Å². The van der Waals surface area contributed by atoms with Gasteiger partial charge in [-0.05, 0) is 25.0 Å². The highest BCUT2D eigenvalue weighted by Gasteiger charge is 2.27. The number of fused-ring (bicyclic) bond motifs is 1. The zero-order valence-corrected chi connectivity index (χ0v) is 15.7. The van der Waals surface area contributed by atoms with Crippen LogP contribution in [0.2, 0.25) is 0 Å². The van der Waals surface area contributed by atoms with E-state index in [1.165, 1.54) is 25.7 Å². The van der Waals surface area contributed by atoms with Crippen molar-refractivity contribution in [3.63, 3.8) is 0 Å². The molecule has 2 aromatic heterocycles. The molecule has 1 saturated heterocycles. The average Bonchev–Trinajstić information content (AvgIpc) is 3.35. The summed E-state index contributed by atoms with van der Waals surface area (Å²) >= 11 is 1.81. The minimum Gasteiger partial charge on any atom is -0.338 e. The van der Waals surface area contributed by atoms with Crippen molar-refractivity contribution in [1.29, 1.82) is 0 Å². The van der Waals surface area contributed by atoms with E-state index >= 15 is 0 Å². The van der Waals surface area contributed by atoms with Gasteiger partial charge in [-0.3, -0.25) is 9.59 Å². The lowest BCUT2D eigenvalue weighted by Crippen LogP contribution is -2.51. The minimum atomic E-state index is -0.00127. The topological polar surface area (TPSA) is 57.9 Å². The highest BCUT2D eigenvalue weighted by molar-refractivity contribution is 8.00. The van der Waals surface area contributed by atoms with Crippen molar-refractivity contribution < 1.29 is 9.59 Å². The molecule has 1 saturated carbocycles. The van der Waals surface area contributed by atoms with E-state index in [4.69, 9.17) is 0 Å². The molecule has 2 aromatic rings. The number of rotatable bonds is 4.